The summed E-state index contributed by atoms with van der Waals surface area (Å²) in [4.78, 5) is 0. The van der Waals surface area contributed by atoms with Crippen molar-refractivity contribution in [3.63, 3.8) is 0 Å². The van der Waals surface area contributed by atoms with E-state index in [0.29, 0.717) is 0 Å². The van der Waals surface area contributed by atoms with Crippen LogP contribution in [0, 0.1) is 11.6 Å². The van der Waals surface area contributed by atoms with Crippen molar-refractivity contribution in [1.29, 1.82) is 0 Å². The molecule has 5 heteroatoms. The highest BCUT2D eigenvalue weighted by Gasteiger charge is 2.12. The van der Waals surface area contributed by atoms with Crippen molar-refractivity contribution in [2.24, 2.45) is 0 Å². The molecule has 0 saturated carbocycles. The molecule has 1 rings (SSSR count). The molecule has 0 N–H and O–H groups in total. The number of hydrogen-bond donors (Lipinski definition) is 0. The highest BCUT2D eigenvalue weighted by Crippen LogP contribution is 2.29. The molecule has 0 radical (unpaired) electrons. The van der Waals surface area contributed by atoms with Crippen LogP contribution in [0.25, 0.3) is 0 Å². The fraction of sp³-hybridized carbons (Fsp3) is 0.250. The normalized spacial score (nSPS) is 10.2. The van der Waals surface area contributed by atoms with E-state index in [-0.39, 0.29) is 17.6 Å². The van der Waals surface area contributed by atoms with Gasteiger partial charge in [-0.1, -0.05) is 11.6 Å². The molecule has 0 heterocycles. The molecule has 13 heavy (non-hydrogen) atoms. The van der Waals surface area contributed by atoms with Gasteiger partial charge in [-0.25, -0.2) is 8.78 Å². The van der Waals surface area contributed by atoms with Gasteiger partial charge >= 0.3 is 0 Å². The Morgan fingerprint density at radius 1 is 1.31 bits per heavy atom. The van der Waals surface area contributed by atoms with E-state index >= 15 is 0 Å². The van der Waals surface area contributed by atoms with Gasteiger partial charge in [0.25, 0.3) is 0 Å². The van der Waals surface area contributed by atoms with Gasteiger partial charge in [-0.05, 0) is 12.1 Å². The highest BCUT2D eigenvalue weighted by atomic mass is 35.5. The second-order valence-electron chi connectivity index (χ2n) is 2.22. The molecule has 0 bridgehead atoms. The van der Waals surface area contributed by atoms with Crippen LogP contribution in [0.1, 0.15) is 0 Å². The standard InChI is InChI=1S/C8H7ClF2O2/c1-12-4-13-8-6(11)3-2-5(10)7(8)9/h2-3H,4H2,1H3. The summed E-state index contributed by atoms with van der Waals surface area (Å²) in [5.41, 5.74) is 0. The Kier molecular flexibility index (Phi) is 3.45. The molecule has 0 aliphatic carbocycles. The number of benzene rings is 1. The predicted octanol–water partition coefficient (Wildman–Crippen LogP) is 2.60. The summed E-state index contributed by atoms with van der Waals surface area (Å²) >= 11 is 5.44. The van der Waals surface area contributed by atoms with Crippen molar-refractivity contribution in [1.82, 2.24) is 0 Å². The number of halogens is 3. The van der Waals surface area contributed by atoms with E-state index in [2.05, 4.69) is 4.74 Å². The lowest BCUT2D eigenvalue weighted by atomic mass is 10.3. The van der Waals surface area contributed by atoms with Crippen LogP contribution in [0.3, 0.4) is 0 Å². The summed E-state index contributed by atoms with van der Waals surface area (Å²) in [5, 5.41) is -0.378. The smallest absolute Gasteiger partial charge is 0.188 e. The van der Waals surface area contributed by atoms with Crippen LogP contribution in [0.4, 0.5) is 8.78 Å². The van der Waals surface area contributed by atoms with Crippen molar-refractivity contribution < 1.29 is 18.3 Å². The van der Waals surface area contributed by atoms with Crippen LogP contribution in [0.2, 0.25) is 5.02 Å². The minimum Gasteiger partial charge on any atom is -0.463 e. The summed E-state index contributed by atoms with van der Waals surface area (Å²) in [6.45, 7) is -0.180. The first-order valence-corrected chi connectivity index (χ1v) is 3.80. The number of ether oxygens (including phenoxy) is 2. The van der Waals surface area contributed by atoms with Gasteiger partial charge in [0, 0.05) is 7.11 Å². The molecule has 0 aliphatic heterocycles. The van der Waals surface area contributed by atoms with Gasteiger partial charge in [0.2, 0.25) is 0 Å². The number of methoxy groups -OCH3 is 1. The van der Waals surface area contributed by atoms with Gasteiger partial charge < -0.3 is 9.47 Å². The molecule has 0 fully saturated rings. The lowest BCUT2D eigenvalue weighted by Gasteiger charge is -2.07. The van der Waals surface area contributed by atoms with Crippen LogP contribution >= 0.6 is 11.6 Å². The summed E-state index contributed by atoms with van der Waals surface area (Å²) in [5.74, 6) is -1.78. The fourth-order valence-corrected chi connectivity index (χ4v) is 0.966. The molecule has 0 saturated heterocycles. The van der Waals surface area contributed by atoms with Gasteiger partial charge in [-0.2, -0.15) is 0 Å². The first-order valence-electron chi connectivity index (χ1n) is 3.42. The van der Waals surface area contributed by atoms with Crippen molar-refractivity contribution in [2.45, 2.75) is 0 Å². The zero-order valence-corrected chi connectivity index (χ0v) is 7.57. The SMILES string of the molecule is COCOc1c(F)ccc(F)c1Cl. The molecular formula is C8H7ClF2O2. The molecule has 0 unspecified atom stereocenters. The van der Waals surface area contributed by atoms with Gasteiger partial charge in [-0.3, -0.25) is 0 Å². The van der Waals surface area contributed by atoms with E-state index in [1.165, 1.54) is 7.11 Å². The number of hydrogen-bond acceptors (Lipinski definition) is 2. The summed E-state index contributed by atoms with van der Waals surface area (Å²) in [7, 11) is 1.37. The van der Waals surface area contributed by atoms with E-state index in [9.17, 15) is 8.78 Å². The zero-order valence-electron chi connectivity index (χ0n) is 6.81. The molecule has 1 aromatic rings. The second kappa shape index (κ2) is 4.39. The summed E-state index contributed by atoms with van der Waals surface area (Å²) in [6.07, 6.45) is 0. The van der Waals surface area contributed by atoms with Crippen LogP contribution in [-0.2, 0) is 4.74 Å². The second-order valence-corrected chi connectivity index (χ2v) is 2.60. The molecule has 0 aliphatic rings. The summed E-state index contributed by atoms with van der Waals surface area (Å²) in [6, 6.07) is 1.86. The zero-order chi connectivity index (χ0) is 9.84. The molecule has 72 valence electrons. The average Bonchev–Trinajstić information content (AvgIpc) is 2.12. The Labute approximate surface area is 79.0 Å². The van der Waals surface area contributed by atoms with E-state index in [0.717, 1.165) is 12.1 Å². The third kappa shape index (κ3) is 2.29. The highest BCUT2D eigenvalue weighted by molar-refractivity contribution is 6.32. The van der Waals surface area contributed by atoms with Crippen LogP contribution < -0.4 is 4.74 Å². The van der Waals surface area contributed by atoms with Crippen molar-refractivity contribution >= 4 is 11.6 Å². The lowest BCUT2D eigenvalue weighted by molar-refractivity contribution is 0.0481. The Morgan fingerprint density at radius 3 is 2.54 bits per heavy atom. The maximum atomic E-state index is 12.9. The quantitative estimate of drug-likeness (QED) is 0.562. The fourth-order valence-electron chi connectivity index (χ4n) is 0.759. The minimum atomic E-state index is -0.728. The van der Waals surface area contributed by atoms with Crippen molar-refractivity contribution in [2.75, 3.05) is 13.9 Å². The molecule has 0 aromatic heterocycles. The Hall–Kier alpha value is -0.870. The van der Waals surface area contributed by atoms with E-state index in [1.807, 2.05) is 0 Å². The van der Waals surface area contributed by atoms with E-state index in [1.54, 1.807) is 0 Å². The first kappa shape index (κ1) is 10.2. The largest absolute Gasteiger partial charge is 0.463 e. The van der Waals surface area contributed by atoms with E-state index < -0.39 is 11.6 Å². The Morgan fingerprint density at radius 2 is 1.92 bits per heavy atom. The lowest BCUT2D eigenvalue weighted by Crippen LogP contribution is -2.02. The maximum absolute atomic E-state index is 12.9. The van der Waals surface area contributed by atoms with E-state index in [4.69, 9.17) is 16.3 Å². The van der Waals surface area contributed by atoms with Gasteiger partial charge in [-0.15, -0.1) is 0 Å². The van der Waals surface area contributed by atoms with Gasteiger partial charge in [0.05, 0.1) is 0 Å². The maximum Gasteiger partial charge on any atom is 0.188 e. The minimum absolute atomic E-state index is 0.180. The van der Waals surface area contributed by atoms with Crippen LogP contribution in [0.15, 0.2) is 12.1 Å². The monoisotopic (exact) mass is 208 g/mol. The Bertz CT molecular complexity index is 304. The number of rotatable bonds is 3. The third-order valence-corrected chi connectivity index (χ3v) is 1.68. The van der Waals surface area contributed by atoms with Crippen LogP contribution in [0.5, 0.6) is 5.75 Å². The van der Waals surface area contributed by atoms with Crippen molar-refractivity contribution in [3.8, 4) is 5.75 Å². The molecule has 0 amide bonds. The third-order valence-electron chi connectivity index (χ3n) is 1.32. The van der Waals surface area contributed by atoms with Crippen molar-refractivity contribution in [3.05, 3.63) is 28.8 Å². The average molecular weight is 209 g/mol. The molecule has 1 aromatic carbocycles. The molecule has 0 spiro atoms. The summed E-state index contributed by atoms with van der Waals surface area (Å²) < 4.78 is 34.9. The predicted molar refractivity (Wildman–Crippen MR) is 43.9 cm³/mol. The van der Waals surface area contributed by atoms with Crippen LogP contribution in [-0.4, -0.2) is 13.9 Å². The topological polar surface area (TPSA) is 18.5 Å². The first-order chi connectivity index (χ1) is 6.16. The molecular weight excluding hydrogens is 202 g/mol. The van der Waals surface area contributed by atoms with Gasteiger partial charge in [0.15, 0.2) is 18.4 Å². The molecule has 0 atom stereocenters. The molecule has 2 nitrogen and oxygen atoms in total. The Balaban J connectivity index is 2.96. The van der Waals surface area contributed by atoms with Gasteiger partial charge in [0.1, 0.15) is 10.8 Å².